The molecular weight excluding hydrogens is 330 g/mol. The van der Waals surface area contributed by atoms with Gasteiger partial charge in [0.2, 0.25) is 0 Å². The normalized spacial score (nSPS) is 12.7. The van der Waals surface area contributed by atoms with Crippen molar-refractivity contribution < 1.29 is 18.7 Å². The topological polar surface area (TPSA) is 59.8 Å². The van der Waals surface area contributed by atoms with E-state index in [9.17, 15) is 9.59 Å². The Morgan fingerprint density at radius 1 is 1.08 bits per heavy atom. The van der Waals surface area contributed by atoms with Gasteiger partial charge in [-0.1, -0.05) is 12.1 Å². The molecule has 26 heavy (non-hydrogen) atoms. The molecule has 2 rings (SSSR count). The quantitative estimate of drug-likeness (QED) is 0.726. The molecule has 0 aliphatic rings. The zero-order valence-electron chi connectivity index (χ0n) is 16.8. The van der Waals surface area contributed by atoms with E-state index in [-0.39, 0.29) is 24.4 Å². The van der Waals surface area contributed by atoms with Crippen LogP contribution in [0.2, 0.25) is 0 Å². The van der Waals surface area contributed by atoms with Gasteiger partial charge in [0.05, 0.1) is 12.7 Å². The lowest BCUT2D eigenvalue weighted by Gasteiger charge is -2.32. The van der Waals surface area contributed by atoms with E-state index in [1.165, 1.54) is 0 Å². The summed E-state index contributed by atoms with van der Waals surface area (Å²) in [5.74, 6) is -0.605. The highest BCUT2D eigenvalue weighted by molar-refractivity contribution is 5.89. The van der Waals surface area contributed by atoms with Crippen LogP contribution in [0, 0.1) is 13.8 Å². The summed E-state index contributed by atoms with van der Waals surface area (Å²) in [6.45, 7) is 13.5. The van der Waals surface area contributed by atoms with Crippen LogP contribution >= 0.6 is 0 Å². The molecule has 0 fully saturated rings. The maximum atomic E-state index is 12.6. The molecule has 0 bridgehead atoms. The van der Waals surface area contributed by atoms with Gasteiger partial charge in [-0.3, -0.25) is 9.59 Å². The van der Waals surface area contributed by atoms with Crippen LogP contribution in [-0.4, -0.2) is 35.0 Å². The summed E-state index contributed by atoms with van der Waals surface area (Å²) in [5, 5.41) is 0.912. The van der Waals surface area contributed by atoms with E-state index < -0.39 is 12.1 Å². The first kappa shape index (κ1) is 20.0. The van der Waals surface area contributed by atoms with Gasteiger partial charge in [0.15, 0.2) is 6.10 Å². The number of ether oxygens (including phenoxy) is 1. The molecule has 0 saturated heterocycles. The molecule has 0 N–H and O–H groups in total. The third-order valence-corrected chi connectivity index (χ3v) is 4.70. The third-order valence-electron chi connectivity index (χ3n) is 4.70. The van der Waals surface area contributed by atoms with Crippen molar-refractivity contribution in [1.82, 2.24) is 4.90 Å². The van der Waals surface area contributed by atoms with Gasteiger partial charge in [0.25, 0.3) is 5.91 Å². The third kappa shape index (κ3) is 4.09. The molecule has 1 atom stereocenters. The minimum atomic E-state index is -0.811. The molecule has 2 aromatic rings. The second kappa shape index (κ2) is 7.94. The van der Waals surface area contributed by atoms with Crippen molar-refractivity contribution >= 4 is 22.8 Å². The fourth-order valence-electron chi connectivity index (χ4n) is 3.29. The van der Waals surface area contributed by atoms with Crippen molar-refractivity contribution in [2.75, 3.05) is 0 Å². The van der Waals surface area contributed by atoms with Crippen molar-refractivity contribution in [1.29, 1.82) is 0 Å². The Bertz CT molecular complexity index is 796. The summed E-state index contributed by atoms with van der Waals surface area (Å²) in [7, 11) is 0. The van der Waals surface area contributed by atoms with Crippen LogP contribution in [0.5, 0.6) is 0 Å². The van der Waals surface area contributed by atoms with Crippen LogP contribution in [-0.2, 0) is 20.7 Å². The summed E-state index contributed by atoms with van der Waals surface area (Å²) in [6.07, 6.45) is 0.866. The minimum Gasteiger partial charge on any atom is -0.464 e. The van der Waals surface area contributed by atoms with Crippen molar-refractivity contribution in [3.63, 3.8) is 0 Å². The van der Waals surface area contributed by atoms with Gasteiger partial charge in [-0.15, -0.1) is 0 Å². The number of hydrogen-bond donors (Lipinski definition) is 0. The van der Waals surface area contributed by atoms with Crippen LogP contribution in [0.3, 0.4) is 0 Å². The second-order valence-corrected chi connectivity index (χ2v) is 7.39. The molecule has 1 heterocycles. The standard InChI is InChI=1S/C21H29NO4/c1-12(2)22(13(3)4)21(24)16(7)26-19(23)10-17-11-25-20-15(6)14(5)8-9-18(17)20/h8-9,11-13,16H,10H2,1-7H3/t16-/m1/s1. The Morgan fingerprint density at radius 2 is 1.69 bits per heavy atom. The van der Waals surface area contributed by atoms with Crippen LogP contribution in [0.1, 0.15) is 51.3 Å². The van der Waals surface area contributed by atoms with E-state index in [1.54, 1.807) is 18.1 Å². The van der Waals surface area contributed by atoms with E-state index in [0.717, 1.165) is 27.7 Å². The average molecular weight is 359 g/mol. The number of esters is 1. The number of carbonyl (C=O) groups is 2. The minimum absolute atomic E-state index is 0.0488. The first-order valence-corrected chi connectivity index (χ1v) is 9.11. The smallest absolute Gasteiger partial charge is 0.311 e. The number of aryl methyl sites for hydroxylation is 2. The summed E-state index contributed by atoms with van der Waals surface area (Å²) < 4.78 is 11.0. The second-order valence-electron chi connectivity index (χ2n) is 7.39. The summed E-state index contributed by atoms with van der Waals surface area (Å²) in [4.78, 5) is 26.7. The Morgan fingerprint density at radius 3 is 2.27 bits per heavy atom. The molecule has 0 unspecified atom stereocenters. The predicted molar refractivity (Wildman–Crippen MR) is 102 cm³/mol. The monoisotopic (exact) mass is 359 g/mol. The molecular formula is C21H29NO4. The lowest BCUT2D eigenvalue weighted by atomic mass is 10.0. The Balaban J connectivity index is 2.09. The van der Waals surface area contributed by atoms with Crippen molar-refractivity contribution in [3.8, 4) is 0 Å². The first-order chi connectivity index (χ1) is 12.1. The van der Waals surface area contributed by atoms with Crippen molar-refractivity contribution in [2.45, 2.75) is 73.1 Å². The van der Waals surface area contributed by atoms with Gasteiger partial charge in [-0.25, -0.2) is 0 Å². The van der Waals surface area contributed by atoms with E-state index in [1.807, 2.05) is 53.7 Å². The lowest BCUT2D eigenvalue weighted by Crippen LogP contribution is -2.47. The lowest BCUT2D eigenvalue weighted by molar-refractivity contribution is -0.160. The molecule has 5 nitrogen and oxygen atoms in total. The number of nitrogens with zero attached hydrogens (tertiary/aromatic N) is 1. The fraction of sp³-hybridized carbons (Fsp3) is 0.524. The number of carbonyl (C=O) groups excluding carboxylic acids is 2. The molecule has 0 aliphatic heterocycles. The Hall–Kier alpha value is -2.30. The Labute approximate surface area is 155 Å². The molecule has 142 valence electrons. The molecule has 0 aliphatic carbocycles. The van der Waals surface area contributed by atoms with Crippen LogP contribution in [0.4, 0.5) is 0 Å². The SMILES string of the molecule is Cc1ccc2c(CC(=O)O[C@H](C)C(=O)N(C(C)C)C(C)C)coc2c1C. The molecule has 0 spiro atoms. The molecule has 0 radical (unpaired) electrons. The van der Waals surface area contributed by atoms with Gasteiger partial charge in [0.1, 0.15) is 5.58 Å². The number of amides is 1. The van der Waals surface area contributed by atoms with E-state index in [2.05, 4.69) is 0 Å². The number of furan rings is 1. The molecule has 1 aromatic heterocycles. The van der Waals surface area contributed by atoms with Gasteiger partial charge < -0.3 is 14.1 Å². The maximum absolute atomic E-state index is 12.6. The largest absolute Gasteiger partial charge is 0.464 e. The van der Waals surface area contributed by atoms with Crippen LogP contribution in [0.25, 0.3) is 11.0 Å². The highest BCUT2D eigenvalue weighted by Gasteiger charge is 2.28. The van der Waals surface area contributed by atoms with Crippen LogP contribution in [0.15, 0.2) is 22.8 Å². The summed E-state index contributed by atoms with van der Waals surface area (Å²) >= 11 is 0. The predicted octanol–water partition coefficient (Wildman–Crippen LogP) is 4.17. The van der Waals surface area contributed by atoms with E-state index >= 15 is 0 Å². The zero-order valence-corrected chi connectivity index (χ0v) is 16.8. The molecule has 1 amide bonds. The summed E-state index contributed by atoms with van der Waals surface area (Å²) in [5.41, 5.74) is 3.78. The molecule has 0 saturated carbocycles. The fourth-order valence-corrected chi connectivity index (χ4v) is 3.29. The zero-order chi connectivity index (χ0) is 19.6. The van der Waals surface area contributed by atoms with Crippen molar-refractivity contribution in [3.05, 3.63) is 35.1 Å². The average Bonchev–Trinajstić information content (AvgIpc) is 2.93. The van der Waals surface area contributed by atoms with E-state index in [4.69, 9.17) is 9.15 Å². The maximum Gasteiger partial charge on any atom is 0.311 e. The highest BCUT2D eigenvalue weighted by Crippen LogP contribution is 2.27. The van der Waals surface area contributed by atoms with Gasteiger partial charge in [-0.05, 0) is 59.6 Å². The van der Waals surface area contributed by atoms with Crippen molar-refractivity contribution in [2.24, 2.45) is 0 Å². The number of fused-ring (bicyclic) bond motifs is 1. The summed E-state index contributed by atoms with van der Waals surface area (Å²) in [6, 6.07) is 4.06. The van der Waals surface area contributed by atoms with E-state index in [0.29, 0.717) is 0 Å². The van der Waals surface area contributed by atoms with Gasteiger partial charge in [0, 0.05) is 23.0 Å². The number of rotatable bonds is 6. The number of benzene rings is 1. The van der Waals surface area contributed by atoms with Crippen LogP contribution < -0.4 is 0 Å². The molecule has 5 heteroatoms. The van der Waals surface area contributed by atoms with Gasteiger partial charge in [-0.2, -0.15) is 0 Å². The molecule has 1 aromatic carbocycles. The van der Waals surface area contributed by atoms with Gasteiger partial charge >= 0.3 is 5.97 Å². The number of hydrogen-bond acceptors (Lipinski definition) is 4. The first-order valence-electron chi connectivity index (χ1n) is 9.11. The Kier molecular flexibility index (Phi) is 6.11. The highest BCUT2D eigenvalue weighted by atomic mass is 16.5.